The van der Waals surface area contributed by atoms with E-state index in [4.69, 9.17) is 4.74 Å². The monoisotopic (exact) mass is 326 g/mol. The lowest BCUT2D eigenvalue weighted by molar-refractivity contribution is -0.132. The molecular weight excluding hydrogens is 304 g/mol. The molecule has 1 saturated carbocycles. The second kappa shape index (κ2) is 6.19. The van der Waals surface area contributed by atoms with Crippen LogP contribution < -0.4 is 9.64 Å². The quantitative estimate of drug-likeness (QED) is 0.862. The summed E-state index contributed by atoms with van der Waals surface area (Å²) in [7, 11) is 1.67. The Morgan fingerprint density at radius 3 is 2.71 bits per heavy atom. The molecule has 6 nitrogen and oxygen atoms in total. The van der Waals surface area contributed by atoms with Crippen LogP contribution in [0.1, 0.15) is 12.8 Å². The molecule has 0 spiro atoms. The minimum absolute atomic E-state index is 0.301. The zero-order valence-electron chi connectivity index (χ0n) is 13.9. The van der Waals surface area contributed by atoms with Crippen LogP contribution in [0.15, 0.2) is 36.7 Å². The Morgan fingerprint density at radius 2 is 2.00 bits per heavy atom. The van der Waals surface area contributed by atoms with E-state index in [0.29, 0.717) is 11.8 Å². The number of nitrogens with zero attached hydrogens (tertiary/aromatic N) is 4. The van der Waals surface area contributed by atoms with E-state index >= 15 is 0 Å². The summed E-state index contributed by atoms with van der Waals surface area (Å²) in [6.45, 7) is 3.19. The van der Waals surface area contributed by atoms with Gasteiger partial charge in [0.1, 0.15) is 5.75 Å². The van der Waals surface area contributed by atoms with Gasteiger partial charge in [-0.1, -0.05) is 6.07 Å². The van der Waals surface area contributed by atoms with Crippen LogP contribution in [0.3, 0.4) is 0 Å². The highest BCUT2D eigenvalue weighted by molar-refractivity contribution is 5.81. The van der Waals surface area contributed by atoms with Crippen molar-refractivity contribution in [3.63, 3.8) is 0 Å². The van der Waals surface area contributed by atoms with Gasteiger partial charge in [0.05, 0.1) is 12.8 Å². The molecule has 1 aliphatic carbocycles. The van der Waals surface area contributed by atoms with E-state index in [1.807, 2.05) is 41.6 Å². The number of hydrogen-bond donors (Lipinski definition) is 0. The average molecular weight is 326 g/mol. The first-order chi connectivity index (χ1) is 11.8. The van der Waals surface area contributed by atoms with Gasteiger partial charge >= 0.3 is 0 Å². The topological polar surface area (TPSA) is 50.6 Å². The molecule has 6 heteroatoms. The van der Waals surface area contributed by atoms with Gasteiger partial charge in [-0.2, -0.15) is 0 Å². The molecule has 1 aromatic carbocycles. The number of amides is 1. The highest BCUT2D eigenvalue weighted by atomic mass is 16.5. The number of piperazine rings is 1. The maximum atomic E-state index is 12.2. The van der Waals surface area contributed by atoms with Crippen LogP contribution in [0, 0.1) is 5.92 Å². The Kier molecular flexibility index (Phi) is 3.88. The van der Waals surface area contributed by atoms with E-state index in [-0.39, 0.29) is 0 Å². The number of carbonyl (C=O) groups is 1. The van der Waals surface area contributed by atoms with Gasteiger partial charge in [-0.25, -0.2) is 4.98 Å². The van der Waals surface area contributed by atoms with Crippen LogP contribution in [0.2, 0.25) is 0 Å². The van der Waals surface area contributed by atoms with Crippen molar-refractivity contribution < 1.29 is 9.53 Å². The van der Waals surface area contributed by atoms with Crippen molar-refractivity contribution in [1.29, 1.82) is 0 Å². The number of benzene rings is 1. The highest BCUT2D eigenvalue weighted by Crippen LogP contribution is 2.31. The first-order valence-corrected chi connectivity index (χ1v) is 8.48. The third-order valence-electron chi connectivity index (χ3n) is 4.75. The summed E-state index contributed by atoms with van der Waals surface area (Å²) in [4.78, 5) is 21.0. The average Bonchev–Trinajstić information content (AvgIpc) is 3.38. The second-order valence-electron chi connectivity index (χ2n) is 6.39. The summed E-state index contributed by atoms with van der Waals surface area (Å²) < 4.78 is 7.39. The van der Waals surface area contributed by atoms with Gasteiger partial charge in [-0.3, -0.25) is 9.36 Å². The molecule has 0 atom stereocenters. The van der Waals surface area contributed by atoms with Crippen molar-refractivity contribution in [2.24, 2.45) is 5.92 Å². The van der Waals surface area contributed by atoms with Gasteiger partial charge in [0.15, 0.2) is 0 Å². The van der Waals surface area contributed by atoms with Crippen molar-refractivity contribution in [2.75, 3.05) is 38.2 Å². The number of rotatable bonds is 4. The van der Waals surface area contributed by atoms with Crippen LogP contribution in [0.5, 0.6) is 5.75 Å². The number of anilines is 1. The molecule has 1 aromatic heterocycles. The minimum atomic E-state index is 0.301. The lowest BCUT2D eigenvalue weighted by Gasteiger charge is -2.35. The zero-order valence-corrected chi connectivity index (χ0v) is 13.9. The summed E-state index contributed by atoms with van der Waals surface area (Å²) in [6, 6.07) is 7.95. The van der Waals surface area contributed by atoms with Crippen molar-refractivity contribution in [3.8, 4) is 11.4 Å². The number of aromatic nitrogens is 2. The van der Waals surface area contributed by atoms with Gasteiger partial charge < -0.3 is 14.5 Å². The Bertz CT molecular complexity index is 730. The van der Waals surface area contributed by atoms with E-state index in [9.17, 15) is 4.79 Å². The summed E-state index contributed by atoms with van der Waals surface area (Å²) in [5.74, 6) is 2.38. The molecular formula is C18H22N4O2. The lowest BCUT2D eigenvalue weighted by atomic mass is 10.2. The van der Waals surface area contributed by atoms with Crippen LogP contribution >= 0.6 is 0 Å². The molecule has 24 heavy (non-hydrogen) atoms. The Balaban J connectivity index is 1.50. The smallest absolute Gasteiger partial charge is 0.225 e. The molecule has 2 aliphatic rings. The molecule has 0 radical (unpaired) electrons. The standard InChI is InChI=1S/C18H22N4O2/c1-24-16-4-2-3-15(13-16)22-8-7-19-18(22)21-11-9-20(10-12-21)17(23)14-5-6-14/h2-4,7-8,13-14H,5-6,9-12H2,1H3. The van der Waals surface area contributed by atoms with Crippen molar-refractivity contribution in [3.05, 3.63) is 36.7 Å². The maximum Gasteiger partial charge on any atom is 0.225 e. The molecule has 0 N–H and O–H groups in total. The fourth-order valence-electron chi connectivity index (χ4n) is 3.21. The second-order valence-corrected chi connectivity index (χ2v) is 6.39. The first kappa shape index (κ1) is 15.1. The third-order valence-corrected chi connectivity index (χ3v) is 4.75. The molecule has 2 aromatic rings. The number of methoxy groups -OCH3 is 1. The first-order valence-electron chi connectivity index (χ1n) is 8.48. The molecule has 126 valence electrons. The number of ether oxygens (including phenoxy) is 1. The minimum Gasteiger partial charge on any atom is -0.497 e. The van der Waals surface area contributed by atoms with Gasteiger partial charge in [-0.05, 0) is 25.0 Å². The Morgan fingerprint density at radius 1 is 1.21 bits per heavy atom. The fourth-order valence-corrected chi connectivity index (χ4v) is 3.21. The molecule has 0 bridgehead atoms. The molecule has 2 fully saturated rings. The normalized spacial score (nSPS) is 17.9. The van der Waals surface area contributed by atoms with E-state index in [1.54, 1.807) is 7.11 Å². The van der Waals surface area contributed by atoms with E-state index < -0.39 is 0 Å². The Labute approximate surface area is 141 Å². The fraction of sp³-hybridized carbons (Fsp3) is 0.444. The van der Waals surface area contributed by atoms with Gasteiger partial charge in [0.2, 0.25) is 11.9 Å². The lowest BCUT2D eigenvalue weighted by Crippen LogP contribution is -2.49. The van der Waals surface area contributed by atoms with Crippen LogP contribution in [-0.2, 0) is 4.79 Å². The number of carbonyl (C=O) groups excluding carboxylic acids is 1. The van der Waals surface area contributed by atoms with Crippen LogP contribution in [0.4, 0.5) is 5.95 Å². The number of hydrogen-bond acceptors (Lipinski definition) is 4. The highest BCUT2D eigenvalue weighted by Gasteiger charge is 2.35. The molecule has 2 heterocycles. The SMILES string of the molecule is COc1cccc(-n2ccnc2N2CCN(C(=O)C3CC3)CC2)c1. The molecule has 4 rings (SSSR count). The largest absolute Gasteiger partial charge is 0.497 e. The summed E-state index contributed by atoms with van der Waals surface area (Å²) in [5, 5.41) is 0. The zero-order chi connectivity index (χ0) is 16.5. The van der Waals surface area contributed by atoms with Crippen LogP contribution in [-0.4, -0.2) is 53.6 Å². The van der Waals surface area contributed by atoms with Crippen LogP contribution in [0.25, 0.3) is 5.69 Å². The summed E-state index contributed by atoms with van der Waals surface area (Å²) >= 11 is 0. The molecule has 0 unspecified atom stereocenters. The van der Waals surface area contributed by atoms with Gasteiger partial charge in [0.25, 0.3) is 0 Å². The van der Waals surface area contributed by atoms with Crippen molar-refractivity contribution in [1.82, 2.24) is 14.5 Å². The maximum absolute atomic E-state index is 12.2. The molecule has 1 aliphatic heterocycles. The summed E-state index contributed by atoms with van der Waals surface area (Å²) in [5.41, 5.74) is 1.03. The Hall–Kier alpha value is -2.50. The number of imidazole rings is 1. The van der Waals surface area contributed by atoms with E-state index in [1.165, 1.54) is 0 Å². The summed E-state index contributed by atoms with van der Waals surface area (Å²) in [6.07, 6.45) is 5.92. The predicted molar refractivity (Wildman–Crippen MR) is 91.6 cm³/mol. The van der Waals surface area contributed by atoms with Crippen molar-refractivity contribution in [2.45, 2.75) is 12.8 Å². The van der Waals surface area contributed by atoms with Gasteiger partial charge in [0, 0.05) is 50.6 Å². The molecule has 1 saturated heterocycles. The van der Waals surface area contributed by atoms with E-state index in [2.05, 4.69) is 14.5 Å². The van der Waals surface area contributed by atoms with Gasteiger partial charge in [-0.15, -0.1) is 0 Å². The van der Waals surface area contributed by atoms with E-state index in [0.717, 1.165) is 56.4 Å². The predicted octanol–water partition coefficient (Wildman–Crippen LogP) is 1.94. The molecule has 1 amide bonds. The third kappa shape index (κ3) is 2.84. The van der Waals surface area contributed by atoms with Crippen molar-refractivity contribution >= 4 is 11.9 Å².